The largest absolute Gasteiger partial charge is 0.334 e. The van der Waals surface area contributed by atoms with E-state index in [1.807, 2.05) is 23.1 Å². The molecule has 2 nitrogen and oxygen atoms in total. The number of fused-ring (bicyclic) bond motifs is 1. The molecule has 4 heteroatoms. The minimum absolute atomic E-state index is 0.0427. The van der Waals surface area contributed by atoms with E-state index in [2.05, 4.69) is 28.1 Å². The molecule has 1 heterocycles. The lowest BCUT2D eigenvalue weighted by Gasteiger charge is -2.29. The number of amides is 1. The molecule has 0 atom stereocenters. The first kappa shape index (κ1) is 13.7. The number of hydrogen-bond donors (Lipinski definition) is 0. The van der Waals surface area contributed by atoms with Gasteiger partial charge in [-0.1, -0.05) is 39.7 Å². The van der Waals surface area contributed by atoms with Crippen LogP contribution in [0, 0.1) is 0 Å². The van der Waals surface area contributed by atoms with E-state index in [4.69, 9.17) is 11.6 Å². The van der Waals surface area contributed by atoms with Gasteiger partial charge in [0.2, 0.25) is 0 Å². The van der Waals surface area contributed by atoms with Crippen LogP contribution in [-0.2, 0) is 13.0 Å². The highest BCUT2D eigenvalue weighted by Crippen LogP contribution is 2.24. The fourth-order valence-corrected chi connectivity index (χ4v) is 3.10. The summed E-state index contributed by atoms with van der Waals surface area (Å²) >= 11 is 9.43. The molecule has 0 N–H and O–H groups in total. The molecule has 2 aromatic carbocycles. The summed E-state index contributed by atoms with van der Waals surface area (Å²) in [4.78, 5) is 14.4. The standard InChI is InChI=1S/C16H13BrClNO/c17-14-5-4-13-10-19(7-6-11(13)8-14)16(20)12-2-1-3-15(18)9-12/h1-5,8-9H,6-7,10H2. The molecule has 1 aliphatic heterocycles. The van der Waals surface area contributed by atoms with Crippen LogP contribution in [0.25, 0.3) is 0 Å². The Kier molecular flexibility index (Phi) is 3.81. The zero-order valence-electron chi connectivity index (χ0n) is 10.8. The molecule has 3 rings (SSSR count). The Bertz CT molecular complexity index is 671. The van der Waals surface area contributed by atoms with E-state index >= 15 is 0 Å². The van der Waals surface area contributed by atoms with Crippen molar-refractivity contribution in [2.45, 2.75) is 13.0 Å². The summed E-state index contributed by atoms with van der Waals surface area (Å²) in [5.41, 5.74) is 3.18. The smallest absolute Gasteiger partial charge is 0.254 e. The minimum atomic E-state index is 0.0427. The molecule has 0 bridgehead atoms. The fourth-order valence-electron chi connectivity index (χ4n) is 2.50. The van der Waals surface area contributed by atoms with Gasteiger partial charge in [-0.3, -0.25) is 4.79 Å². The van der Waals surface area contributed by atoms with Gasteiger partial charge >= 0.3 is 0 Å². The zero-order valence-corrected chi connectivity index (χ0v) is 13.1. The maximum absolute atomic E-state index is 12.5. The van der Waals surface area contributed by atoms with E-state index in [0.717, 1.165) is 17.4 Å². The molecular formula is C16H13BrClNO. The summed E-state index contributed by atoms with van der Waals surface area (Å²) in [7, 11) is 0. The van der Waals surface area contributed by atoms with E-state index in [1.54, 1.807) is 12.1 Å². The number of benzene rings is 2. The second-order valence-electron chi connectivity index (χ2n) is 4.90. The Morgan fingerprint density at radius 3 is 2.80 bits per heavy atom. The van der Waals surface area contributed by atoms with Crippen molar-refractivity contribution < 1.29 is 4.79 Å². The Morgan fingerprint density at radius 1 is 1.15 bits per heavy atom. The lowest BCUT2D eigenvalue weighted by molar-refractivity contribution is 0.0734. The fraction of sp³-hybridized carbons (Fsp3) is 0.188. The molecule has 0 aromatic heterocycles. The Morgan fingerprint density at radius 2 is 2.00 bits per heavy atom. The molecule has 1 amide bonds. The molecule has 0 saturated carbocycles. The number of rotatable bonds is 1. The first-order chi connectivity index (χ1) is 9.63. The quantitative estimate of drug-likeness (QED) is 0.751. The van der Waals surface area contributed by atoms with Crippen LogP contribution in [0.2, 0.25) is 5.02 Å². The highest BCUT2D eigenvalue weighted by atomic mass is 79.9. The number of carbonyl (C=O) groups excluding carboxylic acids is 1. The SMILES string of the molecule is O=C(c1cccc(Cl)c1)N1CCc2cc(Br)ccc2C1. The normalized spacial score (nSPS) is 14.0. The van der Waals surface area contributed by atoms with Gasteiger partial charge in [-0.2, -0.15) is 0 Å². The summed E-state index contributed by atoms with van der Waals surface area (Å²) in [6.45, 7) is 1.41. The highest BCUT2D eigenvalue weighted by molar-refractivity contribution is 9.10. The van der Waals surface area contributed by atoms with Crippen LogP contribution in [0.5, 0.6) is 0 Å². The van der Waals surface area contributed by atoms with Crippen molar-refractivity contribution in [3.63, 3.8) is 0 Å². The van der Waals surface area contributed by atoms with Crippen LogP contribution in [0.3, 0.4) is 0 Å². The van der Waals surface area contributed by atoms with Crippen LogP contribution in [-0.4, -0.2) is 17.4 Å². The summed E-state index contributed by atoms with van der Waals surface area (Å²) < 4.78 is 1.09. The van der Waals surface area contributed by atoms with Crippen LogP contribution < -0.4 is 0 Å². The van der Waals surface area contributed by atoms with Gasteiger partial charge in [0.05, 0.1) is 0 Å². The van der Waals surface area contributed by atoms with E-state index in [-0.39, 0.29) is 5.91 Å². The highest BCUT2D eigenvalue weighted by Gasteiger charge is 2.21. The molecule has 0 saturated heterocycles. The molecule has 2 aromatic rings. The molecule has 0 aliphatic carbocycles. The van der Waals surface area contributed by atoms with Crippen molar-refractivity contribution in [1.82, 2.24) is 4.90 Å². The van der Waals surface area contributed by atoms with Gasteiger partial charge in [0.1, 0.15) is 0 Å². The van der Waals surface area contributed by atoms with Gasteiger partial charge in [-0.05, 0) is 47.9 Å². The van der Waals surface area contributed by atoms with Crippen LogP contribution in [0.4, 0.5) is 0 Å². The minimum Gasteiger partial charge on any atom is -0.334 e. The summed E-state index contributed by atoms with van der Waals surface area (Å²) in [5, 5.41) is 0.595. The molecule has 0 unspecified atom stereocenters. The van der Waals surface area contributed by atoms with Crippen LogP contribution >= 0.6 is 27.5 Å². The summed E-state index contributed by atoms with van der Waals surface area (Å²) in [6, 6.07) is 13.4. The summed E-state index contributed by atoms with van der Waals surface area (Å²) in [6.07, 6.45) is 0.890. The maximum atomic E-state index is 12.5. The third kappa shape index (κ3) is 2.74. The van der Waals surface area contributed by atoms with Crippen LogP contribution in [0.15, 0.2) is 46.9 Å². The Hall–Kier alpha value is -1.32. The van der Waals surface area contributed by atoms with Gasteiger partial charge in [0, 0.05) is 28.1 Å². The van der Waals surface area contributed by atoms with Crippen molar-refractivity contribution in [2.75, 3.05) is 6.54 Å². The Balaban J connectivity index is 1.83. The molecule has 102 valence electrons. The van der Waals surface area contributed by atoms with Gasteiger partial charge in [0.15, 0.2) is 0 Å². The second-order valence-corrected chi connectivity index (χ2v) is 6.25. The third-order valence-corrected chi connectivity index (χ3v) is 4.27. The number of halogens is 2. The molecule has 0 spiro atoms. The van der Waals surface area contributed by atoms with Crippen molar-refractivity contribution >= 4 is 33.4 Å². The molecule has 0 fully saturated rings. The zero-order chi connectivity index (χ0) is 14.1. The van der Waals surface area contributed by atoms with E-state index in [0.29, 0.717) is 17.1 Å². The molecule has 20 heavy (non-hydrogen) atoms. The van der Waals surface area contributed by atoms with Crippen molar-refractivity contribution in [1.29, 1.82) is 0 Å². The number of hydrogen-bond acceptors (Lipinski definition) is 1. The molecule has 0 radical (unpaired) electrons. The maximum Gasteiger partial charge on any atom is 0.254 e. The second kappa shape index (κ2) is 5.58. The molecular weight excluding hydrogens is 338 g/mol. The predicted octanol–water partition coefficient (Wildman–Crippen LogP) is 4.30. The van der Waals surface area contributed by atoms with E-state index in [1.165, 1.54) is 11.1 Å². The first-order valence-corrected chi connectivity index (χ1v) is 7.63. The van der Waals surface area contributed by atoms with Crippen molar-refractivity contribution in [3.05, 3.63) is 68.7 Å². The van der Waals surface area contributed by atoms with Gasteiger partial charge in [-0.25, -0.2) is 0 Å². The van der Waals surface area contributed by atoms with E-state index in [9.17, 15) is 4.79 Å². The van der Waals surface area contributed by atoms with Gasteiger partial charge in [0.25, 0.3) is 5.91 Å². The third-order valence-electron chi connectivity index (χ3n) is 3.54. The van der Waals surface area contributed by atoms with E-state index < -0.39 is 0 Å². The topological polar surface area (TPSA) is 20.3 Å². The average Bonchev–Trinajstić information content (AvgIpc) is 2.46. The number of nitrogens with zero attached hydrogens (tertiary/aromatic N) is 1. The lowest BCUT2D eigenvalue weighted by atomic mass is 9.99. The lowest BCUT2D eigenvalue weighted by Crippen LogP contribution is -2.35. The van der Waals surface area contributed by atoms with Gasteiger partial charge < -0.3 is 4.90 Å². The monoisotopic (exact) mass is 349 g/mol. The predicted molar refractivity (Wildman–Crippen MR) is 84.0 cm³/mol. The summed E-state index contributed by atoms with van der Waals surface area (Å²) in [5.74, 6) is 0.0427. The van der Waals surface area contributed by atoms with Gasteiger partial charge in [-0.15, -0.1) is 0 Å². The van der Waals surface area contributed by atoms with Crippen molar-refractivity contribution in [3.8, 4) is 0 Å². The average molecular weight is 351 g/mol. The van der Waals surface area contributed by atoms with Crippen molar-refractivity contribution in [2.24, 2.45) is 0 Å². The molecule has 1 aliphatic rings. The number of carbonyl (C=O) groups is 1. The Labute approximate surface area is 131 Å². The first-order valence-electron chi connectivity index (χ1n) is 6.45. The van der Waals surface area contributed by atoms with Crippen LogP contribution in [0.1, 0.15) is 21.5 Å².